The van der Waals surface area contributed by atoms with Gasteiger partial charge in [0, 0.05) is 18.7 Å². The molecule has 3 aromatic heterocycles. The Hall–Kier alpha value is -3.95. The van der Waals surface area contributed by atoms with Crippen molar-refractivity contribution in [2.75, 3.05) is 12.4 Å². The number of anilines is 1. The first-order valence-corrected chi connectivity index (χ1v) is 9.22. The van der Waals surface area contributed by atoms with Gasteiger partial charge in [0.15, 0.2) is 23.6 Å². The fourth-order valence-electron chi connectivity index (χ4n) is 2.94. The lowest BCUT2D eigenvalue weighted by atomic mass is 10.1. The van der Waals surface area contributed by atoms with Gasteiger partial charge in [0.25, 0.3) is 5.91 Å². The molecule has 0 fully saturated rings. The molecule has 0 aliphatic carbocycles. The van der Waals surface area contributed by atoms with Gasteiger partial charge in [-0.25, -0.2) is 4.98 Å². The van der Waals surface area contributed by atoms with Crippen LogP contribution in [0.2, 0.25) is 0 Å². The molecule has 160 valence electrons. The molecule has 4 rings (SSSR count). The summed E-state index contributed by atoms with van der Waals surface area (Å²) in [6.45, 7) is 0.895. The second-order valence-corrected chi connectivity index (χ2v) is 6.80. The fraction of sp³-hybridized carbons (Fsp3) is 0.190. The molecule has 0 bridgehead atoms. The first-order valence-electron chi connectivity index (χ1n) is 9.22. The largest absolute Gasteiger partial charge is 0.497 e. The Bertz CT molecular complexity index is 1210. The Labute approximate surface area is 175 Å². The van der Waals surface area contributed by atoms with Gasteiger partial charge in [-0.15, -0.1) is 0 Å². The predicted octanol–water partition coefficient (Wildman–Crippen LogP) is 4.55. The number of benzene rings is 1. The van der Waals surface area contributed by atoms with Crippen LogP contribution in [0.15, 0.2) is 64.0 Å². The van der Waals surface area contributed by atoms with Gasteiger partial charge in [0.05, 0.1) is 25.5 Å². The number of nitrogens with one attached hydrogen (secondary N) is 1. The van der Waals surface area contributed by atoms with Crippen molar-refractivity contribution in [2.45, 2.75) is 19.4 Å². The van der Waals surface area contributed by atoms with Gasteiger partial charge in [0.1, 0.15) is 11.5 Å². The lowest BCUT2D eigenvalue weighted by molar-refractivity contribution is -0.00636. The Balaban J connectivity index is 1.46. The van der Waals surface area contributed by atoms with Gasteiger partial charge in [-0.05, 0) is 24.3 Å². The van der Waals surface area contributed by atoms with Gasteiger partial charge < -0.3 is 18.9 Å². The van der Waals surface area contributed by atoms with Crippen LogP contribution in [0.5, 0.6) is 5.75 Å². The summed E-state index contributed by atoms with van der Waals surface area (Å²) in [6.07, 6.45) is 4.17. The van der Waals surface area contributed by atoms with Crippen molar-refractivity contribution in [1.29, 1.82) is 0 Å². The highest BCUT2D eigenvalue weighted by atomic mass is 19.3. The summed E-state index contributed by atoms with van der Waals surface area (Å²) >= 11 is 0. The zero-order valence-corrected chi connectivity index (χ0v) is 16.6. The Morgan fingerprint density at radius 2 is 2.13 bits per heavy atom. The first-order chi connectivity index (χ1) is 14.8. The molecule has 31 heavy (non-hydrogen) atoms. The minimum absolute atomic E-state index is 0.0989. The molecule has 1 aromatic carbocycles. The van der Waals surface area contributed by atoms with Crippen LogP contribution in [-0.2, 0) is 12.5 Å². The molecule has 4 aromatic rings. The molecule has 0 saturated heterocycles. The highest BCUT2D eigenvalue weighted by Crippen LogP contribution is 2.29. The summed E-state index contributed by atoms with van der Waals surface area (Å²) in [6, 6.07) is 9.74. The van der Waals surface area contributed by atoms with Crippen LogP contribution < -0.4 is 10.1 Å². The van der Waals surface area contributed by atoms with Crippen molar-refractivity contribution < 1.29 is 27.1 Å². The van der Waals surface area contributed by atoms with E-state index in [1.165, 1.54) is 29.4 Å². The van der Waals surface area contributed by atoms with Gasteiger partial charge >= 0.3 is 5.92 Å². The molecule has 0 radical (unpaired) electrons. The number of carbonyl (C=O) groups excluding carboxylic acids is 1. The van der Waals surface area contributed by atoms with E-state index >= 15 is 0 Å². The number of ether oxygens (including phenoxy) is 1. The number of carbonyl (C=O) groups is 1. The number of rotatable bonds is 7. The molecule has 3 heterocycles. The molecule has 0 aliphatic heterocycles. The third kappa shape index (κ3) is 4.47. The molecule has 0 atom stereocenters. The summed E-state index contributed by atoms with van der Waals surface area (Å²) in [5.74, 6) is -2.74. The molecular weight excluding hydrogens is 410 g/mol. The average Bonchev–Trinajstić information content (AvgIpc) is 3.48. The van der Waals surface area contributed by atoms with Crippen molar-refractivity contribution in [3.63, 3.8) is 0 Å². The van der Waals surface area contributed by atoms with Crippen LogP contribution in [0.3, 0.4) is 0 Å². The molecule has 0 aliphatic rings. The van der Waals surface area contributed by atoms with Crippen LogP contribution in [-0.4, -0.2) is 27.8 Å². The minimum Gasteiger partial charge on any atom is -0.497 e. The van der Waals surface area contributed by atoms with Gasteiger partial charge in [-0.3, -0.25) is 9.48 Å². The normalized spacial score (nSPS) is 11.5. The van der Waals surface area contributed by atoms with Gasteiger partial charge in [0.2, 0.25) is 0 Å². The smallest absolute Gasteiger partial charge is 0.301 e. The number of oxazole rings is 1. The average molecular weight is 428 g/mol. The van der Waals surface area contributed by atoms with Crippen LogP contribution in [0.1, 0.15) is 28.9 Å². The number of aromatic nitrogens is 3. The molecule has 0 saturated carbocycles. The van der Waals surface area contributed by atoms with Gasteiger partial charge in [-0.2, -0.15) is 13.9 Å². The maximum Gasteiger partial charge on any atom is 0.301 e. The van der Waals surface area contributed by atoms with Gasteiger partial charge in [-0.1, -0.05) is 12.1 Å². The van der Waals surface area contributed by atoms with Crippen LogP contribution >= 0.6 is 0 Å². The van der Waals surface area contributed by atoms with E-state index in [9.17, 15) is 13.6 Å². The van der Waals surface area contributed by atoms with E-state index in [0.717, 1.165) is 6.92 Å². The minimum atomic E-state index is -3.06. The Kier molecular flexibility index (Phi) is 5.28. The number of nitrogens with zero attached hydrogens (tertiary/aromatic N) is 3. The van der Waals surface area contributed by atoms with E-state index < -0.39 is 17.6 Å². The van der Waals surface area contributed by atoms with E-state index in [-0.39, 0.29) is 12.2 Å². The zero-order valence-electron chi connectivity index (χ0n) is 16.6. The van der Waals surface area contributed by atoms with E-state index in [4.69, 9.17) is 13.6 Å². The number of hydrogen-bond donors (Lipinski definition) is 1. The number of methoxy groups -OCH3 is 1. The summed E-state index contributed by atoms with van der Waals surface area (Å²) in [7, 11) is 1.54. The number of hydrogen-bond acceptors (Lipinski definition) is 6. The monoisotopic (exact) mass is 428 g/mol. The number of alkyl halides is 2. The third-order valence-electron chi connectivity index (χ3n) is 4.42. The summed E-state index contributed by atoms with van der Waals surface area (Å²) < 4.78 is 43.8. The molecule has 1 N–H and O–H groups in total. The van der Waals surface area contributed by atoms with Crippen molar-refractivity contribution in [2.24, 2.45) is 0 Å². The van der Waals surface area contributed by atoms with Crippen LogP contribution in [0, 0.1) is 0 Å². The second-order valence-electron chi connectivity index (χ2n) is 6.80. The van der Waals surface area contributed by atoms with Crippen molar-refractivity contribution in [3.05, 3.63) is 72.4 Å². The van der Waals surface area contributed by atoms with Crippen molar-refractivity contribution in [3.8, 4) is 17.1 Å². The number of halogens is 2. The quantitative estimate of drug-likeness (QED) is 0.464. The molecule has 1 amide bonds. The van der Waals surface area contributed by atoms with E-state index in [1.807, 2.05) is 0 Å². The molecule has 0 unspecified atom stereocenters. The molecule has 10 heteroatoms. The highest BCUT2D eigenvalue weighted by Gasteiger charge is 2.28. The van der Waals surface area contributed by atoms with E-state index in [0.29, 0.717) is 28.5 Å². The van der Waals surface area contributed by atoms with Crippen molar-refractivity contribution in [1.82, 2.24) is 14.8 Å². The predicted molar refractivity (Wildman–Crippen MR) is 106 cm³/mol. The van der Waals surface area contributed by atoms with Crippen molar-refractivity contribution >= 4 is 11.6 Å². The highest BCUT2D eigenvalue weighted by molar-refractivity contribution is 6.06. The first kappa shape index (κ1) is 20.3. The fourth-order valence-corrected chi connectivity index (χ4v) is 2.94. The van der Waals surface area contributed by atoms with E-state index in [1.54, 1.807) is 37.6 Å². The maximum absolute atomic E-state index is 13.3. The molecule has 8 nitrogen and oxygen atoms in total. The van der Waals surface area contributed by atoms with Crippen LogP contribution in [0.25, 0.3) is 11.3 Å². The lowest BCUT2D eigenvalue weighted by Crippen LogP contribution is -2.13. The maximum atomic E-state index is 13.3. The molecule has 0 spiro atoms. The number of amides is 1. The number of furan rings is 1. The Morgan fingerprint density at radius 1 is 1.29 bits per heavy atom. The molecular formula is C21H18F2N4O4. The van der Waals surface area contributed by atoms with Crippen LogP contribution in [0.4, 0.5) is 14.5 Å². The third-order valence-corrected chi connectivity index (χ3v) is 4.42. The standard InChI is InChI=1S/C21H18F2N4O4/c1-21(22,23)17-7-6-16(31-17)11-27-10-14(9-25-27)26-20(28)18-19(30-12-24-18)13-4-3-5-15(8-13)29-2/h3-10,12H,11H2,1-2H3,(H,26,28). The van der Waals surface area contributed by atoms with E-state index in [2.05, 4.69) is 15.4 Å². The summed E-state index contributed by atoms with van der Waals surface area (Å²) in [4.78, 5) is 16.7. The Morgan fingerprint density at radius 3 is 2.87 bits per heavy atom. The summed E-state index contributed by atoms with van der Waals surface area (Å²) in [5, 5.41) is 6.81. The summed E-state index contributed by atoms with van der Waals surface area (Å²) in [5.41, 5.74) is 1.14. The topological polar surface area (TPSA) is 95.3 Å². The lowest BCUT2D eigenvalue weighted by Gasteiger charge is -2.05. The zero-order chi connectivity index (χ0) is 22.0. The second kappa shape index (κ2) is 8.05. The SMILES string of the molecule is COc1cccc(-c2ocnc2C(=O)Nc2cnn(Cc3ccc(C(C)(F)F)o3)c2)c1.